The normalized spacial score (nSPS) is 10.4. The van der Waals surface area contributed by atoms with Crippen LogP contribution in [0.15, 0.2) is 30.3 Å². The number of rotatable bonds is 5. The van der Waals surface area contributed by atoms with Crippen molar-refractivity contribution in [1.82, 2.24) is 4.90 Å². The van der Waals surface area contributed by atoms with Crippen molar-refractivity contribution in [2.45, 2.75) is 27.7 Å². The van der Waals surface area contributed by atoms with Gasteiger partial charge in [0.05, 0.1) is 4.88 Å². The molecule has 0 spiro atoms. The zero-order valence-corrected chi connectivity index (χ0v) is 14.8. The van der Waals surface area contributed by atoms with Crippen molar-refractivity contribution in [2.75, 3.05) is 18.4 Å². The lowest BCUT2D eigenvalue weighted by molar-refractivity contribution is 0.0772. The Kier molecular flexibility index (Phi) is 5.55. The largest absolute Gasteiger partial charge is 0.339 e. The number of aryl methyl sites for hydroxylation is 2. The molecule has 0 aliphatic carbocycles. The Morgan fingerprint density at radius 3 is 2.39 bits per heavy atom. The minimum absolute atomic E-state index is 0.0195. The first-order valence-electron chi connectivity index (χ1n) is 7.74. The van der Waals surface area contributed by atoms with Crippen LogP contribution in [0.4, 0.5) is 5.69 Å². The van der Waals surface area contributed by atoms with E-state index in [-0.39, 0.29) is 11.8 Å². The topological polar surface area (TPSA) is 49.4 Å². The quantitative estimate of drug-likeness (QED) is 0.897. The number of hydrogen-bond donors (Lipinski definition) is 1. The third kappa shape index (κ3) is 3.99. The Morgan fingerprint density at radius 2 is 1.83 bits per heavy atom. The van der Waals surface area contributed by atoms with Gasteiger partial charge in [-0.1, -0.05) is 6.07 Å². The van der Waals surface area contributed by atoms with Crippen LogP contribution in [0.1, 0.15) is 44.3 Å². The van der Waals surface area contributed by atoms with Crippen molar-refractivity contribution in [3.63, 3.8) is 0 Å². The highest BCUT2D eigenvalue weighted by Crippen LogP contribution is 2.22. The van der Waals surface area contributed by atoms with Gasteiger partial charge in [0.25, 0.3) is 11.8 Å². The summed E-state index contributed by atoms with van der Waals surface area (Å²) in [6.07, 6.45) is 0. The molecule has 0 radical (unpaired) electrons. The molecule has 0 aliphatic heterocycles. The van der Waals surface area contributed by atoms with E-state index in [1.165, 1.54) is 11.3 Å². The van der Waals surface area contributed by atoms with Gasteiger partial charge in [-0.25, -0.2) is 0 Å². The molecule has 2 aromatic rings. The Hall–Kier alpha value is -2.14. The fourth-order valence-electron chi connectivity index (χ4n) is 2.30. The number of benzene rings is 1. The number of anilines is 1. The van der Waals surface area contributed by atoms with Gasteiger partial charge in [0, 0.05) is 29.2 Å². The predicted octanol–water partition coefficient (Wildman–Crippen LogP) is 4.10. The lowest BCUT2D eigenvalue weighted by atomic mass is 10.1. The van der Waals surface area contributed by atoms with Crippen LogP contribution in [0.5, 0.6) is 0 Å². The standard InChI is InChI=1S/C18H22N2O2S/c1-5-20(6-2)18(22)14-8-7-9-15(11-14)19-17(21)16-10-12(3)13(4)23-16/h7-11H,5-6H2,1-4H3,(H,19,21). The number of thiophene rings is 1. The minimum Gasteiger partial charge on any atom is -0.339 e. The van der Waals surface area contributed by atoms with E-state index in [9.17, 15) is 9.59 Å². The second-order valence-corrected chi connectivity index (χ2v) is 6.62. The highest BCUT2D eigenvalue weighted by atomic mass is 32.1. The Morgan fingerprint density at radius 1 is 1.13 bits per heavy atom. The zero-order chi connectivity index (χ0) is 17.0. The SMILES string of the molecule is CCN(CC)C(=O)c1cccc(NC(=O)c2cc(C)c(C)s2)c1. The van der Waals surface area contributed by atoms with Crippen LogP contribution >= 0.6 is 11.3 Å². The minimum atomic E-state index is -0.140. The fraction of sp³-hybridized carbons (Fsp3) is 0.333. The first-order valence-corrected chi connectivity index (χ1v) is 8.55. The molecule has 2 amide bonds. The molecule has 2 rings (SSSR count). The molecule has 0 bridgehead atoms. The van der Waals surface area contributed by atoms with Gasteiger partial charge in [-0.2, -0.15) is 0 Å². The van der Waals surface area contributed by atoms with E-state index >= 15 is 0 Å². The molecule has 23 heavy (non-hydrogen) atoms. The van der Waals surface area contributed by atoms with Crippen LogP contribution in [0.25, 0.3) is 0 Å². The van der Waals surface area contributed by atoms with Gasteiger partial charge in [-0.3, -0.25) is 9.59 Å². The first kappa shape index (κ1) is 17.2. The zero-order valence-electron chi connectivity index (χ0n) is 14.0. The van der Waals surface area contributed by atoms with Crippen molar-refractivity contribution in [3.8, 4) is 0 Å². The third-order valence-corrected chi connectivity index (χ3v) is 4.96. The average Bonchev–Trinajstić information content (AvgIpc) is 2.88. The highest BCUT2D eigenvalue weighted by molar-refractivity contribution is 7.14. The monoisotopic (exact) mass is 330 g/mol. The number of amides is 2. The molecule has 0 aliphatic rings. The fourth-order valence-corrected chi connectivity index (χ4v) is 3.23. The van der Waals surface area contributed by atoms with E-state index in [4.69, 9.17) is 0 Å². The van der Waals surface area contributed by atoms with E-state index in [1.807, 2.05) is 33.8 Å². The van der Waals surface area contributed by atoms with Crippen LogP contribution < -0.4 is 5.32 Å². The van der Waals surface area contributed by atoms with Gasteiger partial charge in [0.1, 0.15) is 0 Å². The van der Waals surface area contributed by atoms with Crippen LogP contribution in [-0.2, 0) is 0 Å². The molecule has 122 valence electrons. The van der Waals surface area contributed by atoms with Crippen molar-refractivity contribution in [3.05, 3.63) is 51.2 Å². The van der Waals surface area contributed by atoms with E-state index < -0.39 is 0 Å². The van der Waals surface area contributed by atoms with E-state index in [2.05, 4.69) is 5.32 Å². The molecule has 0 saturated heterocycles. The summed E-state index contributed by atoms with van der Waals surface area (Å²) in [6, 6.07) is 8.98. The van der Waals surface area contributed by atoms with Gasteiger partial charge in [-0.05, 0) is 57.5 Å². The predicted molar refractivity (Wildman–Crippen MR) is 95.4 cm³/mol. The molecular weight excluding hydrogens is 308 g/mol. The molecule has 1 N–H and O–H groups in total. The summed E-state index contributed by atoms with van der Waals surface area (Å²) in [5.74, 6) is -0.160. The van der Waals surface area contributed by atoms with Crippen molar-refractivity contribution in [2.24, 2.45) is 0 Å². The van der Waals surface area contributed by atoms with E-state index in [1.54, 1.807) is 29.2 Å². The van der Waals surface area contributed by atoms with Gasteiger partial charge >= 0.3 is 0 Å². The number of carbonyl (C=O) groups excluding carboxylic acids is 2. The Balaban J connectivity index is 2.16. The molecule has 1 aromatic carbocycles. The molecule has 0 unspecified atom stereocenters. The van der Waals surface area contributed by atoms with Crippen LogP contribution in [0.2, 0.25) is 0 Å². The maximum Gasteiger partial charge on any atom is 0.265 e. The summed E-state index contributed by atoms with van der Waals surface area (Å²) in [6.45, 7) is 9.23. The molecule has 0 saturated carbocycles. The number of nitrogens with one attached hydrogen (secondary N) is 1. The summed E-state index contributed by atoms with van der Waals surface area (Å²) < 4.78 is 0. The average molecular weight is 330 g/mol. The first-order chi connectivity index (χ1) is 11.0. The van der Waals surface area contributed by atoms with Gasteiger partial charge < -0.3 is 10.2 Å². The maximum absolute atomic E-state index is 12.4. The van der Waals surface area contributed by atoms with Gasteiger partial charge in [0.15, 0.2) is 0 Å². The van der Waals surface area contributed by atoms with Crippen molar-refractivity contribution in [1.29, 1.82) is 0 Å². The second-order valence-electron chi connectivity index (χ2n) is 5.36. The third-order valence-electron chi connectivity index (χ3n) is 3.81. The smallest absolute Gasteiger partial charge is 0.265 e. The molecule has 5 heteroatoms. The molecule has 0 fully saturated rings. The summed E-state index contributed by atoms with van der Waals surface area (Å²) in [4.78, 5) is 28.3. The van der Waals surface area contributed by atoms with Crippen LogP contribution in [0.3, 0.4) is 0 Å². The molecule has 1 aromatic heterocycles. The molecular formula is C18H22N2O2S. The van der Waals surface area contributed by atoms with E-state index in [0.29, 0.717) is 29.2 Å². The molecule has 1 heterocycles. The lowest BCUT2D eigenvalue weighted by Crippen LogP contribution is -2.30. The summed E-state index contributed by atoms with van der Waals surface area (Å²) >= 11 is 1.48. The Bertz CT molecular complexity index is 698. The highest BCUT2D eigenvalue weighted by Gasteiger charge is 2.14. The maximum atomic E-state index is 12.4. The van der Waals surface area contributed by atoms with Gasteiger partial charge in [-0.15, -0.1) is 11.3 Å². The summed E-state index contributed by atoms with van der Waals surface area (Å²) in [5.41, 5.74) is 2.34. The number of carbonyl (C=O) groups is 2. The summed E-state index contributed by atoms with van der Waals surface area (Å²) in [5, 5.41) is 2.87. The molecule has 4 nitrogen and oxygen atoms in total. The van der Waals surface area contributed by atoms with Crippen LogP contribution in [-0.4, -0.2) is 29.8 Å². The lowest BCUT2D eigenvalue weighted by Gasteiger charge is -2.18. The number of hydrogen-bond acceptors (Lipinski definition) is 3. The van der Waals surface area contributed by atoms with Crippen molar-refractivity contribution < 1.29 is 9.59 Å². The van der Waals surface area contributed by atoms with Crippen molar-refractivity contribution >= 4 is 28.8 Å². The Labute approximate surface area is 141 Å². The summed E-state index contributed by atoms with van der Waals surface area (Å²) in [7, 11) is 0. The molecule has 0 atom stereocenters. The van der Waals surface area contributed by atoms with Crippen LogP contribution in [0, 0.1) is 13.8 Å². The van der Waals surface area contributed by atoms with Gasteiger partial charge in [0.2, 0.25) is 0 Å². The number of nitrogens with zero attached hydrogens (tertiary/aromatic N) is 1. The second kappa shape index (κ2) is 7.42. The van der Waals surface area contributed by atoms with E-state index in [0.717, 1.165) is 10.4 Å².